The summed E-state index contributed by atoms with van der Waals surface area (Å²) >= 11 is 0. The van der Waals surface area contributed by atoms with Crippen LogP contribution in [0.15, 0.2) is 12.1 Å². The lowest BCUT2D eigenvalue weighted by molar-refractivity contribution is 0.0594. The van der Waals surface area contributed by atoms with Gasteiger partial charge in [-0.25, -0.2) is 13.6 Å². The number of methoxy groups -OCH3 is 1. The summed E-state index contributed by atoms with van der Waals surface area (Å²) in [6, 6.07) is 2.39. The van der Waals surface area contributed by atoms with Gasteiger partial charge in [-0.2, -0.15) is 0 Å². The maximum absolute atomic E-state index is 13.8. The molecule has 1 rings (SSSR count). The van der Waals surface area contributed by atoms with Crippen molar-refractivity contribution in [1.29, 1.82) is 0 Å². The van der Waals surface area contributed by atoms with Gasteiger partial charge in [0.15, 0.2) is 11.6 Å². The zero-order chi connectivity index (χ0) is 16.2. The highest BCUT2D eigenvalue weighted by atomic mass is 19.2. The molecule has 0 radical (unpaired) electrons. The number of hydrogen-bond donors (Lipinski definition) is 2. The molecule has 4 nitrogen and oxygen atoms in total. The Kier molecular flexibility index (Phi) is 5.66. The summed E-state index contributed by atoms with van der Waals surface area (Å²) in [5, 5.41) is 12.5. The third-order valence-corrected chi connectivity index (χ3v) is 2.86. The Hall–Kier alpha value is -1.69. The second-order valence-electron chi connectivity index (χ2n) is 6.08. The van der Waals surface area contributed by atoms with Gasteiger partial charge in [-0.15, -0.1) is 0 Å². The average Bonchev–Trinajstić information content (AvgIpc) is 2.37. The highest BCUT2D eigenvalue weighted by Crippen LogP contribution is 2.23. The van der Waals surface area contributed by atoms with Crippen molar-refractivity contribution in [3.63, 3.8) is 0 Å². The van der Waals surface area contributed by atoms with Crippen LogP contribution in [0.2, 0.25) is 0 Å². The first-order valence-electron chi connectivity index (χ1n) is 6.64. The molecule has 118 valence electrons. The van der Waals surface area contributed by atoms with Gasteiger partial charge in [0.05, 0.1) is 24.5 Å². The number of aliphatic hydroxyl groups is 1. The molecule has 0 amide bonds. The number of anilines is 1. The largest absolute Gasteiger partial charge is 0.465 e. The van der Waals surface area contributed by atoms with Crippen LogP contribution in [0.25, 0.3) is 0 Å². The van der Waals surface area contributed by atoms with Gasteiger partial charge in [-0.3, -0.25) is 0 Å². The van der Waals surface area contributed by atoms with Crippen molar-refractivity contribution in [1.82, 2.24) is 0 Å². The number of carbonyl (C=O) groups is 1. The average molecular weight is 301 g/mol. The van der Waals surface area contributed by atoms with E-state index >= 15 is 0 Å². The van der Waals surface area contributed by atoms with Gasteiger partial charge in [0.1, 0.15) is 0 Å². The monoisotopic (exact) mass is 301 g/mol. The molecule has 6 heteroatoms. The minimum absolute atomic E-state index is 0.0698. The topological polar surface area (TPSA) is 58.6 Å². The summed E-state index contributed by atoms with van der Waals surface area (Å²) in [5.74, 6) is -3.37. The Labute approximate surface area is 123 Å². The second-order valence-corrected chi connectivity index (χ2v) is 6.08. The molecular weight excluding hydrogens is 280 g/mol. The van der Waals surface area contributed by atoms with E-state index in [4.69, 9.17) is 0 Å². The number of halogens is 2. The Morgan fingerprint density at radius 1 is 1.33 bits per heavy atom. The van der Waals surface area contributed by atoms with Gasteiger partial charge < -0.3 is 15.2 Å². The lowest BCUT2D eigenvalue weighted by atomic mass is 9.89. The summed E-state index contributed by atoms with van der Waals surface area (Å²) in [4.78, 5) is 11.2. The van der Waals surface area contributed by atoms with Gasteiger partial charge in [-0.1, -0.05) is 20.8 Å². The van der Waals surface area contributed by atoms with Gasteiger partial charge in [0.2, 0.25) is 0 Å². The number of ether oxygens (including phenoxy) is 1. The fraction of sp³-hybridized carbons (Fsp3) is 0.533. The maximum atomic E-state index is 13.8. The van der Waals surface area contributed by atoms with E-state index in [9.17, 15) is 18.7 Å². The predicted octanol–water partition coefficient (Wildman–Crippen LogP) is 2.96. The van der Waals surface area contributed by atoms with E-state index in [0.717, 1.165) is 13.2 Å². The number of nitrogens with one attached hydrogen (secondary N) is 1. The summed E-state index contributed by atoms with van der Waals surface area (Å²) < 4.78 is 31.9. The van der Waals surface area contributed by atoms with Gasteiger partial charge in [-0.05, 0) is 24.0 Å². The van der Waals surface area contributed by atoms with Crippen LogP contribution in [0.1, 0.15) is 37.6 Å². The van der Waals surface area contributed by atoms with Crippen molar-refractivity contribution in [3.05, 3.63) is 29.3 Å². The van der Waals surface area contributed by atoms with Crippen molar-refractivity contribution >= 4 is 11.7 Å². The summed E-state index contributed by atoms with van der Waals surface area (Å²) in [6.45, 7) is 6.01. The third kappa shape index (κ3) is 4.97. The number of benzene rings is 1. The first-order valence-corrected chi connectivity index (χ1v) is 6.64. The standard InChI is InChI=1S/C15H21F2NO3/c1-15(2,3)7-9(19)8-18-11-6-5-10(14(20)21-4)12(16)13(11)17/h5-6,9,18-19H,7-8H2,1-4H3. The van der Waals surface area contributed by atoms with Crippen LogP contribution in [-0.2, 0) is 4.74 Å². The van der Waals surface area contributed by atoms with Crippen LogP contribution in [0, 0.1) is 17.0 Å². The van der Waals surface area contributed by atoms with Crippen LogP contribution in [0.3, 0.4) is 0 Å². The molecule has 0 fully saturated rings. The Morgan fingerprint density at radius 3 is 2.48 bits per heavy atom. The van der Waals surface area contributed by atoms with E-state index in [1.54, 1.807) is 0 Å². The quantitative estimate of drug-likeness (QED) is 0.821. The highest BCUT2D eigenvalue weighted by molar-refractivity contribution is 5.90. The minimum atomic E-state index is -1.27. The van der Waals surface area contributed by atoms with E-state index in [0.29, 0.717) is 6.42 Å². The molecule has 0 aliphatic carbocycles. The van der Waals surface area contributed by atoms with Crippen molar-refractivity contribution in [2.24, 2.45) is 5.41 Å². The number of esters is 1. The SMILES string of the molecule is COC(=O)c1ccc(NCC(O)CC(C)(C)C)c(F)c1F. The summed E-state index contributed by atoms with van der Waals surface area (Å²) in [5.41, 5.74) is -0.636. The first kappa shape index (κ1) is 17.4. The smallest absolute Gasteiger partial charge is 0.340 e. The van der Waals surface area contributed by atoms with Gasteiger partial charge in [0.25, 0.3) is 0 Å². The summed E-state index contributed by atoms with van der Waals surface area (Å²) in [6.07, 6.45) is -0.169. The zero-order valence-corrected chi connectivity index (χ0v) is 12.7. The lowest BCUT2D eigenvalue weighted by Crippen LogP contribution is -2.25. The molecule has 0 saturated carbocycles. The van der Waals surface area contributed by atoms with Crippen LogP contribution in [-0.4, -0.2) is 30.8 Å². The number of rotatable bonds is 5. The molecule has 0 aliphatic heterocycles. The first-order chi connectivity index (χ1) is 9.65. The van der Waals surface area contributed by atoms with E-state index < -0.39 is 29.3 Å². The zero-order valence-electron chi connectivity index (χ0n) is 12.7. The maximum Gasteiger partial charge on any atom is 0.340 e. The third-order valence-electron chi connectivity index (χ3n) is 2.86. The summed E-state index contributed by atoms with van der Waals surface area (Å²) in [7, 11) is 1.09. The van der Waals surface area contributed by atoms with Crippen LogP contribution in [0.5, 0.6) is 0 Å². The van der Waals surface area contributed by atoms with Crippen LogP contribution < -0.4 is 5.32 Å². The predicted molar refractivity (Wildman–Crippen MR) is 76.3 cm³/mol. The van der Waals surface area contributed by atoms with Crippen LogP contribution in [0.4, 0.5) is 14.5 Å². The van der Waals surface area contributed by atoms with E-state index in [1.165, 1.54) is 6.07 Å². The van der Waals surface area contributed by atoms with E-state index in [-0.39, 0.29) is 17.6 Å². The molecule has 1 unspecified atom stereocenters. The van der Waals surface area contributed by atoms with E-state index in [1.807, 2.05) is 20.8 Å². The van der Waals surface area contributed by atoms with Gasteiger partial charge in [0, 0.05) is 6.54 Å². The minimum Gasteiger partial charge on any atom is -0.465 e. The molecule has 1 atom stereocenters. The molecule has 2 N–H and O–H groups in total. The Balaban J connectivity index is 2.78. The normalized spacial score (nSPS) is 12.9. The number of hydrogen-bond acceptors (Lipinski definition) is 4. The second kappa shape index (κ2) is 6.85. The molecule has 1 aromatic rings. The van der Waals surface area contributed by atoms with Crippen molar-refractivity contribution < 1.29 is 23.4 Å². The molecule has 21 heavy (non-hydrogen) atoms. The molecule has 1 aromatic carbocycles. The molecular formula is C15H21F2NO3. The van der Waals surface area contributed by atoms with Gasteiger partial charge >= 0.3 is 5.97 Å². The Morgan fingerprint density at radius 2 is 1.95 bits per heavy atom. The lowest BCUT2D eigenvalue weighted by Gasteiger charge is -2.23. The highest BCUT2D eigenvalue weighted by Gasteiger charge is 2.20. The fourth-order valence-corrected chi connectivity index (χ4v) is 1.96. The van der Waals surface area contributed by atoms with Crippen molar-refractivity contribution in [2.75, 3.05) is 19.0 Å². The van der Waals surface area contributed by atoms with Crippen molar-refractivity contribution in [3.8, 4) is 0 Å². The molecule has 0 aliphatic rings. The molecule has 0 spiro atoms. The molecule has 0 heterocycles. The van der Waals surface area contributed by atoms with E-state index in [2.05, 4.69) is 10.1 Å². The fourth-order valence-electron chi connectivity index (χ4n) is 1.96. The van der Waals surface area contributed by atoms with Crippen LogP contribution >= 0.6 is 0 Å². The molecule has 0 bridgehead atoms. The number of carbonyl (C=O) groups excluding carboxylic acids is 1. The van der Waals surface area contributed by atoms with Crippen molar-refractivity contribution in [2.45, 2.75) is 33.3 Å². The number of aliphatic hydroxyl groups excluding tert-OH is 1. The molecule has 0 aromatic heterocycles. The molecule has 0 saturated heterocycles. The Bertz CT molecular complexity index is 512.